The Hall–Kier alpha value is -2.76. The van der Waals surface area contributed by atoms with Crippen LogP contribution in [-0.2, 0) is 47.5 Å². The molecule has 1 aliphatic carbocycles. The third-order valence-electron chi connectivity index (χ3n) is 10.6. The van der Waals surface area contributed by atoms with E-state index in [4.69, 9.17) is 37.9 Å². The first-order valence-electron chi connectivity index (χ1n) is 17.0. The van der Waals surface area contributed by atoms with Crippen LogP contribution in [0.3, 0.4) is 0 Å². The lowest BCUT2D eigenvalue weighted by Crippen LogP contribution is -2.62. The van der Waals surface area contributed by atoms with Gasteiger partial charge in [-0.1, -0.05) is 13.0 Å². The number of rotatable bonds is 10. The largest absolute Gasteiger partial charge is 0.471 e. The monoisotopic (exact) mass is 748 g/mol. The molecule has 0 spiro atoms. The summed E-state index contributed by atoms with van der Waals surface area (Å²) in [6, 6.07) is 0. The highest BCUT2D eigenvalue weighted by Gasteiger charge is 2.54. The normalized spacial score (nSPS) is 46.2. The van der Waals surface area contributed by atoms with E-state index in [1.165, 1.54) is 0 Å². The van der Waals surface area contributed by atoms with E-state index in [9.17, 15) is 55.5 Å². The molecule has 2 saturated heterocycles. The average molecular weight is 749 g/mol. The smallest absolute Gasteiger partial charge is 0.337 e. The predicted octanol–water partition coefficient (Wildman–Crippen LogP) is -3.74. The fraction of sp³-hybridized carbons (Fsp3) is 0.758. The van der Waals surface area contributed by atoms with E-state index in [0.717, 1.165) is 19.6 Å². The molecule has 5 aliphatic rings. The molecule has 0 aromatic rings. The molecule has 0 radical (unpaired) electrons. The van der Waals surface area contributed by atoms with Crippen LogP contribution in [-0.4, -0.2) is 165 Å². The molecule has 19 heteroatoms. The summed E-state index contributed by atoms with van der Waals surface area (Å²) in [7, 11) is 1.15. The van der Waals surface area contributed by atoms with E-state index >= 15 is 0 Å². The van der Waals surface area contributed by atoms with Gasteiger partial charge < -0.3 is 83.9 Å². The molecule has 5 rings (SSSR count). The highest BCUT2D eigenvalue weighted by atomic mass is 16.8. The molecule has 1 unspecified atom stereocenters. The molecule has 19 nitrogen and oxygen atoms in total. The lowest BCUT2D eigenvalue weighted by molar-refractivity contribution is -0.372. The number of hydrogen-bond donors (Lipinski definition) is 9. The number of hydrogen-bond acceptors (Lipinski definition) is 19. The van der Waals surface area contributed by atoms with Crippen LogP contribution >= 0.6 is 0 Å². The van der Waals surface area contributed by atoms with Gasteiger partial charge in [0, 0.05) is 24.4 Å². The Labute approximate surface area is 298 Å². The van der Waals surface area contributed by atoms with E-state index in [1.807, 2.05) is 6.92 Å². The van der Waals surface area contributed by atoms with Crippen molar-refractivity contribution in [3.05, 3.63) is 36.3 Å². The number of aliphatic hydroxyl groups is 9. The number of carbonyl (C=O) groups is 2. The quantitative estimate of drug-likeness (QED) is 0.0766. The minimum absolute atomic E-state index is 0.0293. The second-order valence-electron chi connectivity index (χ2n) is 13.5. The number of carbonyl (C=O) groups excluding carboxylic acids is 2. The van der Waals surface area contributed by atoms with Crippen LogP contribution in [0.15, 0.2) is 36.3 Å². The van der Waals surface area contributed by atoms with Crippen LogP contribution in [0.1, 0.15) is 19.8 Å². The molecular weight excluding hydrogens is 700 g/mol. The van der Waals surface area contributed by atoms with Crippen molar-refractivity contribution in [3.8, 4) is 0 Å². The zero-order valence-corrected chi connectivity index (χ0v) is 28.5. The second kappa shape index (κ2) is 17.1. The number of methoxy groups -OCH3 is 1. The Morgan fingerprint density at radius 3 is 1.87 bits per heavy atom. The van der Waals surface area contributed by atoms with Crippen LogP contribution in [0.2, 0.25) is 0 Å². The third kappa shape index (κ3) is 7.74. The van der Waals surface area contributed by atoms with Gasteiger partial charge >= 0.3 is 11.9 Å². The SMILES string of the molecule is C=CC1[C@@H]2C[C@H](OC(=O)C3=CO[C@@H](O[C@@H]4O[C@H](CO)[C@@H](O)[C@H](O)[C@H]4O)[C@H]([C@@H](O[C@@H]4O[C@H](CO)[C@@H](O)[C@H](O)[C@H]4O)O/C=C\2C(=O)OC)[C@@H]3CCO)[C@H]1C. The number of ether oxygens (including phenoxy) is 8. The van der Waals surface area contributed by atoms with Crippen LogP contribution in [0, 0.1) is 29.6 Å². The van der Waals surface area contributed by atoms with Gasteiger partial charge in [0.15, 0.2) is 12.6 Å². The van der Waals surface area contributed by atoms with Crippen molar-refractivity contribution in [2.75, 3.05) is 26.9 Å². The predicted molar refractivity (Wildman–Crippen MR) is 167 cm³/mol. The summed E-state index contributed by atoms with van der Waals surface area (Å²) in [6.45, 7) is 3.56. The number of esters is 2. The van der Waals surface area contributed by atoms with Crippen molar-refractivity contribution in [1.29, 1.82) is 0 Å². The summed E-state index contributed by atoms with van der Waals surface area (Å²) in [4.78, 5) is 27.2. The van der Waals surface area contributed by atoms with Gasteiger partial charge in [-0.3, -0.25) is 0 Å². The molecule has 3 fully saturated rings. The van der Waals surface area contributed by atoms with E-state index < -0.39 is 136 Å². The minimum Gasteiger partial charge on any atom is -0.471 e. The molecular formula is C33H48O19. The lowest BCUT2D eigenvalue weighted by atomic mass is 9.81. The maximum atomic E-state index is 13.9. The van der Waals surface area contributed by atoms with Crippen LogP contribution in [0.5, 0.6) is 0 Å². The Morgan fingerprint density at radius 1 is 0.846 bits per heavy atom. The molecule has 4 heterocycles. The summed E-state index contributed by atoms with van der Waals surface area (Å²) in [5.74, 6) is -5.72. The molecule has 18 atom stereocenters. The van der Waals surface area contributed by atoms with E-state index in [1.54, 1.807) is 6.08 Å². The summed E-state index contributed by atoms with van der Waals surface area (Å²) in [6.07, 6.45) is -18.2. The van der Waals surface area contributed by atoms with Crippen molar-refractivity contribution >= 4 is 11.9 Å². The zero-order valence-electron chi connectivity index (χ0n) is 28.5. The van der Waals surface area contributed by atoms with Gasteiger partial charge in [0.1, 0.15) is 54.9 Å². The molecule has 0 aromatic heterocycles. The van der Waals surface area contributed by atoms with E-state index in [-0.39, 0.29) is 29.9 Å². The molecule has 294 valence electrons. The van der Waals surface area contributed by atoms with E-state index in [2.05, 4.69) is 6.58 Å². The maximum absolute atomic E-state index is 13.9. The van der Waals surface area contributed by atoms with Gasteiger partial charge in [0.05, 0.1) is 49.9 Å². The fourth-order valence-electron chi connectivity index (χ4n) is 7.54. The van der Waals surface area contributed by atoms with Crippen molar-refractivity contribution in [1.82, 2.24) is 0 Å². The first-order chi connectivity index (χ1) is 24.8. The first-order valence-corrected chi connectivity index (χ1v) is 17.0. The van der Waals surface area contributed by atoms with Gasteiger partial charge in [-0.15, -0.1) is 6.58 Å². The van der Waals surface area contributed by atoms with Gasteiger partial charge in [-0.05, 0) is 18.8 Å². The van der Waals surface area contributed by atoms with Gasteiger partial charge in [0.2, 0.25) is 12.6 Å². The number of fused-ring (bicyclic) bond motifs is 4. The summed E-state index contributed by atoms with van der Waals surface area (Å²) >= 11 is 0. The third-order valence-corrected chi connectivity index (χ3v) is 10.6. The van der Waals surface area contributed by atoms with Gasteiger partial charge in [-0.2, -0.15) is 0 Å². The average Bonchev–Trinajstić information content (AvgIpc) is 3.44. The molecule has 52 heavy (non-hydrogen) atoms. The van der Waals surface area contributed by atoms with Gasteiger partial charge in [-0.25, -0.2) is 9.59 Å². The maximum Gasteiger partial charge on any atom is 0.337 e. The van der Waals surface area contributed by atoms with Crippen molar-refractivity contribution in [2.45, 2.75) is 99.9 Å². The first kappa shape index (κ1) is 40.4. The molecule has 1 saturated carbocycles. The summed E-state index contributed by atoms with van der Waals surface area (Å²) in [5.41, 5.74) is -0.152. The van der Waals surface area contributed by atoms with Crippen LogP contribution in [0.4, 0.5) is 0 Å². The Balaban J connectivity index is 1.64. The van der Waals surface area contributed by atoms with Gasteiger partial charge in [0.25, 0.3) is 0 Å². The second-order valence-corrected chi connectivity index (χ2v) is 13.5. The zero-order chi connectivity index (χ0) is 38.0. The highest BCUT2D eigenvalue weighted by Crippen LogP contribution is 2.47. The Morgan fingerprint density at radius 2 is 1.38 bits per heavy atom. The molecule has 0 amide bonds. The standard InChI is InChI=1S/C33H48O19/c1-4-13-12(2)18-7-15(13)17(28(43)45-3)11-47-31(52-33-27(42)25(40)23(38)20(9-36)50-33)21-14(5-6-34)16(29(44)48-18)10-46-30(21)51-32-26(41)24(39)22(37)19(8-35)49-32/h4,10-15,18-27,30-42H,1,5-9H2,2-3H3/b17-11+/t12-,13?,14+,15-,18-,19+,20+,21+,22+,23+,24-,25-,26+,27+,30-,31+,32-,33-/m0/s1. The lowest BCUT2D eigenvalue weighted by Gasteiger charge is -2.46. The fourth-order valence-corrected chi connectivity index (χ4v) is 7.54. The topological polar surface area (TPSA) is 290 Å². The number of aliphatic hydroxyl groups excluding tert-OH is 9. The van der Waals surface area contributed by atoms with E-state index in [0.29, 0.717) is 0 Å². The van der Waals surface area contributed by atoms with Crippen LogP contribution < -0.4 is 0 Å². The molecule has 9 N–H and O–H groups in total. The highest BCUT2D eigenvalue weighted by molar-refractivity contribution is 5.90. The molecule has 0 aromatic carbocycles. The van der Waals surface area contributed by atoms with Crippen molar-refractivity contribution < 1.29 is 93.4 Å². The molecule has 4 bridgehead atoms. The van der Waals surface area contributed by atoms with Crippen molar-refractivity contribution in [3.63, 3.8) is 0 Å². The number of allylic oxidation sites excluding steroid dienone is 1. The molecule has 4 aliphatic heterocycles. The summed E-state index contributed by atoms with van der Waals surface area (Å²) in [5, 5.41) is 93.1. The van der Waals surface area contributed by atoms with Crippen molar-refractivity contribution in [2.24, 2.45) is 29.6 Å². The van der Waals surface area contributed by atoms with Crippen LogP contribution in [0.25, 0.3) is 0 Å². The minimum atomic E-state index is -1.96. The summed E-state index contributed by atoms with van der Waals surface area (Å²) < 4.78 is 46.2. The Bertz CT molecular complexity index is 1320. The Kier molecular flexibility index (Phi) is 13.3.